The monoisotopic (exact) mass is 494 g/mol. The molecule has 3 rings (SSSR count). The molecule has 1 aromatic heterocycles. The number of halogens is 6. The topological polar surface area (TPSA) is 162 Å². The molecule has 2 aromatic carbocycles. The number of nitrogens with zero attached hydrogens (tertiary/aromatic N) is 1. The van der Waals surface area contributed by atoms with Gasteiger partial charge in [-0.2, -0.15) is 31.4 Å². The number of hydrogen-bond acceptors (Lipinski definition) is 5. The lowest BCUT2D eigenvalue weighted by Crippen LogP contribution is -2.21. The van der Waals surface area contributed by atoms with Crippen LogP contribution >= 0.6 is 0 Å². The number of H-pyrrole nitrogens is 1. The number of ether oxygens (including phenoxy) is 1. The molecular weight excluding hydrogens is 478 g/mol. The second-order valence-corrected chi connectivity index (χ2v) is 6.09. The van der Waals surface area contributed by atoms with E-state index in [-0.39, 0.29) is 5.84 Å². The molecule has 0 aliphatic heterocycles. The van der Waals surface area contributed by atoms with Gasteiger partial charge in [-0.25, -0.2) is 9.59 Å². The molecule has 9 nitrogen and oxygen atoms in total. The summed E-state index contributed by atoms with van der Waals surface area (Å²) in [5.41, 5.74) is 8.15. The van der Waals surface area contributed by atoms with Gasteiger partial charge in [0.15, 0.2) is 0 Å². The zero-order valence-corrected chi connectivity index (χ0v) is 17.0. The number of hydrogen-bond donors (Lipinski definition) is 5. The van der Waals surface area contributed by atoms with Crippen molar-refractivity contribution in [1.29, 1.82) is 5.41 Å². The standard InChI is InChI=1S/C15H14N4O.2C2HF3O2/c1-20-13-5-4-9-2-3-10(15(16)17)6-12(9)14(13)11-7-18-19-8-11;2*3-2(4,5)1(6)7/h2-8H,1H3,(H3,16,17)(H,18,19);2*(H,6,7). The van der Waals surface area contributed by atoms with Crippen molar-refractivity contribution in [2.45, 2.75) is 12.4 Å². The van der Waals surface area contributed by atoms with E-state index in [0.717, 1.165) is 27.6 Å². The molecule has 0 unspecified atom stereocenters. The number of carbonyl (C=O) groups is 2. The minimum absolute atomic E-state index is 0.0489. The summed E-state index contributed by atoms with van der Waals surface area (Å²) < 4.78 is 68.9. The Labute approximate surface area is 186 Å². The van der Waals surface area contributed by atoms with E-state index in [9.17, 15) is 26.3 Å². The van der Waals surface area contributed by atoms with E-state index in [0.29, 0.717) is 5.56 Å². The Morgan fingerprint density at radius 2 is 1.53 bits per heavy atom. The summed E-state index contributed by atoms with van der Waals surface area (Å²) in [6.45, 7) is 0. The molecule has 0 atom stereocenters. The molecule has 0 amide bonds. The molecule has 34 heavy (non-hydrogen) atoms. The second-order valence-electron chi connectivity index (χ2n) is 6.09. The normalized spacial score (nSPS) is 10.9. The minimum Gasteiger partial charge on any atom is -0.496 e. The number of aromatic nitrogens is 2. The van der Waals surface area contributed by atoms with Crippen molar-refractivity contribution in [2.75, 3.05) is 7.11 Å². The predicted octanol–water partition coefficient (Wildman–Crippen LogP) is 3.79. The lowest BCUT2D eigenvalue weighted by Gasteiger charge is -2.11. The predicted molar refractivity (Wildman–Crippen MR) is 106 cm³/mol. The van der Waals surface area contributed by atoms with Crippen LogP contribution < -0.4 is 10.5 Å². The fourth-order valence-corrected chi connectivity index (χ4v) is 2.32. The summed E-state index contributed by atoms with van der Waals surface area (Å²) in [6, 6.07) is 9.62. The van der Waals surface area contributed by atoms with Gasteiger partial charge in [-0.15, -0.1) is 0 Å². The Morgan fingerprint density at radius 1 is 1.03 bits per heavy atom. The highest BCUT2D eigenvalue weighted by molar-refractivity contribution is 6.05. The maximum atomic E-state index is 10.6. The summed E-state index contributed by atoms with van der Waals surface area (Å²) in [6.07, 6.45) is -6.60. The molecule has 0 bridgehead atoms. The van der Waals surface area contributed by atoms with Crippen LogP contribution in [0.4, 0.5) is 26.3 Å². The zero-order chi connectivity index (χ0) is 26.3. The van der Waals surface area contributed by atoms with Gasteiger partial charge in [0.2, 0.25) is 0 Å². The Kier molecular flexibility index (Phi) is 8.99. The Morgan fingerprint density at radius 3 is 1.91 bits per heavy atom. The number of carboxylic acids is 2. The molecule has 0 saturated heterocycles. The van der Waals surface area contributed by atoms with Crippen LogP contribution in [0.3, 0.4) is 0 Å². The number of nitrogen functional groups attached to an aromatic ring is 1. The van der Waals surface area contributed by atoms with Crippen molar-refractivity contribution < 1.29 is 50.9 Å². The molecule has 6 N–H and O–H groups in total. The van der Waals surface area contributed by atoms with Crippen LogP contribution in [0.2, 0.25) is 0 Å². The summed E-state index contributed by atoms with van der Waals surface area (Å²) in [4.78, 5) is 17.8. The van der Waals surface area contributed by atoms with Gasteiger partial charge in [0.05, 0.1) is 13.3 Å². The number of alkyl halides is 6. The third kappa shape index (κ3) is 7.68. The van der Waals surface area contributed by atoms with Gasteiger partial charge >= 0.3 is 24.3 Å². The van der Waals surface area contributed by atoms with Gasteiger partial charge in [-0.1, -0.05) is 18.2 Å². The van der Waals surface area contributed by atoms with E-state index in [2.05, 4.69) is 10.2 Å². The van der Waals surface area contributed by atoms with Crippen LogP contribution in [-0.4, -0.2) is 57.6 Å². The lowest BCUT2D eigenvalue weighted by molar-refractivity contribution is -0.193. The maximum Gasteiger partial charge on any atom is 0.490 e. The highest BCUT2D eigenvalue weighted by atomic mass is 19.4. The first-order valence-corrected chi connectivity index (χ1v) is 8.64. The molecule has 0 radical (unpaired) electrons. The van der Waals surface area contributed by atoms with E-state index in [1.54, 1.807) is 13.3 Å². The number of aliphatic carboxylic acids is 2. The number of fused-ring (bicyclic) bond motifs is 1. The fourth-order valence-electron chi connectivity index (χ4n) is 2.32. The Bertz CT molecular complexity index is 1140. The zero-order valence-electron chi connectivity index (χ0n) is 17.0. The molecule has 15 heteroatoms. The van der Waals surface area contributed by atoms with E-state index in [1.807, 2.05) is 36.5 Å². The third-order valence-corrected chi connectivity index (χ3v) is 3.79. The smallest absolute Gasteiger partial charge is 0.490 e. The summed E-state index contributed by atoms with van der Waals surface area (Å²) in [7, 11) is 1.64. The number of rotatable bonds is 3. The van der Waals surface area contributed by atoms with Crippen LogP contribution in [0, 0.1) is 5.41 Å². The van der Waals surface area contributed by atoms with Crippen molar-refractivity contribution in [3.63, 3.8) is 0 Å². The van der Waals surface area contributed by atoms with Crippen LogP contribution in [0.1, 0.15) is 5.56 Å². The molecule has 3 aromatic rings. The molecule has 0 fully saturated rings. The summed E-state index contributed by atoms with van der Waals surface area (Å²) in [5, 5.41) is 30.7. The van der Waals surface area contributed by atoms with Crippen LogP contribution in [0.15, 0.2) is 42.7 Å². The number of carboxylic acid groups (broad SMARTS) is 2. The fraction of sp³-hybridized carbons (Fsp3) is 0.158. The largest absolute Gasteiger partial charge is 0.496 e. The van der Waals surface area contributed by atoms with E-state index in [1.165, 1.54) is 0 Å². The van der Waals surface area contributed by atoms with Gasteiger partial charge in [-0.3, -0.25) is 10.5 Å². The highest BCUT2D eigenvalue weighted by Gasteiger charge is 2.38. The van der Waals surface area contributed by atoms with Crippen molar-refractivity contribution in [2.24, 2.45) is 5.73 Å². The van der Waals surface area contributed by atoms with Crippen molar-refractivity contribution >= 4 is 28.5 Å². The van der Waals surface area contributed by atoms with Gasteiger partial charge in [0.25, 0.3) is 0 Å². The average Bonchev–Trinajstić information content (AvgIpc) is 3.26. The molecular formula is C19H16F6N4O5. The molecule has 0 aliphatic rings. The first-order chi connectivity index (χ1) is 15.6. The summed E-state index contributed by atoms with van der Waals surface area (Å²) in [5.74, 6) is -4.70. The number of amidine groups is 1. The molecule has 0 spiro atoms. The van der Waals surface area contributed by atoms with Crippen molar-refractivity contribution in [3.8, 4) is 16.9 Å². The van der Waals surface area contributed by atoms with E-state index < -0.39 is 24.3 Å². The quantitative estimate of drug-likeness (QED) is 0.210. The first-order valence-electron chi connectivity index (χ1n) is 8.64. The number of benzene rings is 2. The SMILES string of the molecule is COc1ccc2ccc(C(=N)N)cc2c1-c1cn[nH]c1.O=C(O)C(F)(F)F.O=C(O)C(F)(F)F. The van der Waals surface area contributed by atoms with Crippen LogP contribution in [0.25, 0.3) is 21.9 Å². The van der Waals surface area contributed by atoms with Gasteiger partial charge in [0.1, 0.15) is 11.6 Å². The minimum atomic E-state index is -5.08. The lowest BCUT2D eigenvalue weighted by atomic mass is 9.97. The van der Waals surface area contributed by atoms with E-state index >= 15 is 0 Å². The molecule has 1 heterocycles. The maximum absolute atomic E-state index is 10.6. The van der Waals surface area contributed by atoms with E-state index in [4.69, 9.17) is 35.7 Å². The molecule has 0 saturated carbocycles. The Balaban J connectivity index is 0.000000343. The highest BCUT2D eigenvalue weighted by Crippen LogP contribution is 2.36. The number of aromatic amines is 1. The van der Waals surface area contributed by atoms with Crippen LogP contribution in [-0.2, 0) is 9.59 Å². The van der Waals surface area contributed by atoms with Crippen molar-refractivity contribution in [3.05, 3.63) is 48.3 Å². The number of nitrogens with two attached hydrogens (primary N) is 1. The average molecular weight is 494 g/mol. The number of nitrogens with one attached hydrogen (secondary N) is 2. The molecule has 0 aliphatic carbocycles. The van der Waals surface area contributed by atoms with Gasteiger partial charge in [0, 0.05) is 22.9 Å². The second kappa shape index (κ2) is 11.0. The first kappa shape index (κ1) is 27.7. The Hall–Kier alpha value is -4.30. The van der Waals surface area contributed by atoms with Crippen LogP contribution in [0.5, 0.6) is 5.75 Å². The van der Waals surface area contributed by atoms with Gasteiger partial charge in [-0.05, 0) is 22.9 Å². The molecule has 184 valence electrons. The number of methoxy groups -OCH3 is 1. The third-order valence-electron chi connectivity index (χ3n) is 3.79. The van der Waals surface area contributed by atoms with Gasteiger partial charge < -0.3 is 20.7 Å². The summed E-state index contributed by atoms with van der Waals surface area (Å²) >= 11 is 0. The van der Waals surface area contributed by atoms with Crippen molar-refractivity contribution in [1.82, 2.24) is 10.2 Å².